The fraction of sp³-hybridized carbons (Fsp3) is 0.0417. The van der Waals surface area contributed by atoms with Crippen LogP contribution >= 0.6 is 0 Å². The average molecular weight is 639 g/mol. The van der Waals surface area contributed by atoms with Crippen molar-refractivity contribution in [1.29, 1.82) is 0 Å². The van der Waals surface area contributed by atoms with Gasteiger partial charge in [0.1, 0.15) is 0 Å². The van der Waals surface area contributed by atoms with E-state index in [4.69, 9.17) is 0 Å². The molecule has 0 N–H and O–H groups in total. The minimum atomic E-state index is 1.02. The average Bonchev–Trinajstić information content (AvgIpc) is 3.71. The van der Waals surface area contributed by atoms with Crippen molar-refractivity contribution in [2.45, 2.75) is 12.8 Å². The van der Waals surface area contributed by atoms with E-state index in [0.29, 0.717) is 0 Å². The molecule has 2 heterocycles. The summed E-state index contributed by atoms with van der Waals surface area (Å²) in [6, 6.07) is 62.0. The summed E-state index contributed by atoms with van der Waals surface area (Å²) in [7, 11) is 0. The van der Waals surface area contributed by atoms with E-state index in [1.54, 1.807) is 0 Å². The van der Waals surface area contributed by atoms with Crippen LogP contribution in [-0.4, -0.2) is 9.13 Å². The highest BCUT2D eigenvalue weighted by Gasteiger charge is 2.22. The Morgan fingerprint density at radius 3 is 1.74 bits per heavy atom. The summed E-state index contributed by atoms with van der Waals surface area (Å²) < 4.78 is 4.96. The number of aromatic nitrogens is 2. The smallest absolute Gasteiger partial charge is 0.0616 e. The first-order chi connectivity index (χ1) is 24.8. The second kappa shape index (κ2) is 11.6. The molecule has 2 heteroatoms. The topological polar surface area (TPSA) is 9.86 Å². The first kappa shape index (κ1) is 28.6. The highest BCUT2D eigenvalue weighted by atomic mass is 15.0. The van der Waals surface area contributed by atoms with Gasteiger partial charge in [0, 0.05) is 44.4 Å². The number of rotatable bonds is 5. The van der Waals surface area contributed by atoms with Gasteiger partial charge in [-0.25, -0.2) is 0 Å². The summed E-state index contributed by atoms with van der Waals surface area (Å²) in [4.78, 5) is 0. The number of hydrogen-bond donors (Lipinski definition) is 0. The van der Waals surface area contributed by atoms with Crippen LogP contribution in [0.5, 0.6) is 0 Å². The molecule has 0 fully saturated rings. The number of fused-ring (bicyclic) bond motifs is 6. The molecular weight excluding hydrogens is 605 g/mol. The van der Waals surface area contributed by atoms with Crippen LogP contribution in [0, 0.1) is 0 Å². The molecule has 0 unspecified atom stereocenters. The van der Waals surface area contributed by atoms with E-state index in [9.17, 15) is 0 Å². The van der Waals surface area contributed by atoms with Crippen molar-refractivity contribution in [2.24, 2.45) is 0 Å². The number of para-hydroxylation sites is 2. The molecule has 50 heavy (non-hydrogen) atoms. The normalized spacial score (nSPS) is 12.6. The highest BCUT2D eigenvalue weighted by molar-refractivity contribution is 6.12. The molecule has 0 bridgehead atoms. The van der Waals surface area contributed by atoms with Gasteiger partial charge in [-0.3, -0.25) is 0 Å². The third-order valence-corrected chi connectivity index (χ3v) is 10.4. The van der Waals surface area contributed by atoms with Crippen molar-refractivity contribution in [3.63, 3.8) is 0 Å². The van der Waals surface area contributed by atoms with Gasteiger partial charge < -0.3 is 9.13 Å². The molecular formula is C48H34N2. The Morgan fingerprint density at radius 1 is 0.400 bits per heavy atom. The van der Waals surface area contributed by atoms with Crippen molar-refractivity contribution < 1.29 is 0 Å². The molecule has 0 saturated carbocycles. The fourth-order valence-corrected chi connectivity index (χ4v) is 8.11. The predicted octanol–water partition coefficient (Wildman–Crippen LogP) is 12.7. The summed E-state index contributed by atoms with van der Waals surface area (Å²) in [6.45, 7) is 0. The van der Waals surface area contributed by atoms with E-state index in [1.165, 1.54) is 88.7 Å². The largest absolute Gasteiger partial charge is 0.312 e. The maximum atomic E-state index is 2.54. The van der Waals surface area contributed by atoms with Crippen LogP contribution in [0.25, 0.3) is 83.5 Å². The molecule has 0 saturated heterocycles. The van der Waals surface area contributed by atoms with E-state index in [1.807, 2.05) is 0 Å². The lowest BCUT2D eigenvalue weighted by atomic mass is 9.98. The lowest BCUT2D eigenvalue weighted by molar-refractivity contribution is 0.889. The van der Waals surface area contributed by atoms with Crippen molar-refractivity contribution in [2.75, 3.05) is 0 Å². The molecule has 0 atom stereocenters. The van der Waals surface area contributed by atoms with Crippen LogP contribution < -0.4 is 0 Å². The number of benzene rings is 7. The van der Waals surface area contributed by atoms with Gasteiger partial charge in [-0.05, 0) is 83.1 Å². The van der Waals surface area contributed by atoms with Gasteiger partial charge >= 0.3 is 0 Å². The van der Waals surface area contributed by atoms with Crippen LogP contribution in [0.3, 0.4) is 0 Å². The number of allylic oxidation sites excluding steroid dienone is 1. The van der Waals surface area contributed by atoms with Gasteiger partial charge in [0.25, 0.3) is 0 Å². The molecule has 1 aliphatic rings. The van der Waals surface area contributed by atoms with Gasteiger partial charge in [-0.1, -0.05) is 140 Å². The zero-order chi connectivity index (χ0) is 33.0. The molecule has 0 radical (unpaired) electrons. The van der Waals surface area contributed by atoms with E-state index in [-0.39, 0.29) is 0 Å². The lowest BCUT2D eigenvalue weighted by Crippen LogP contribution is -2.03. The first-order valence-electron chi connectivity index (χ1n) is 17.5. The molecule has 7 aromatic carbocycles. The molecule has 0 spiro atoms. The molecule has 10 rings (SSSR count). The SMILES string of the molecule is C1=Cc2c(n(-c3cccc(-c4ccccc4)c3)c3c(-c4ccc5c(c4)c4ccccc4n5-c4cccc(-c5ccccc5)c4)cccc23)CC1. The minimum absolute atomic E-state index is 1.02. The van der Waals surface area contributed by atoms with E-state index in [0.717, 1.165) is 12.8 Å². The van der Waals surface area contributed by atoms with E-state index >= 15 is 0 Å². The van der Waals surface area contributed by atoms with Gasteiger partial charge in [-0.15, -0.1) is 0 Å². The van der Waals surface area contributed by atoms with E-state index < -0.39 is 0 Å². The summed E-state index contributed by atoms with van der Waals surface area (Å²) in [5.74, 6) is 0. The van der Waals surface area contributed by atoms with Crippen molar-refractivity contribution >= 4 is 38.8 Å². The standard InChI is InChI=1S/C48H34N2/c1-3-14-33(15-4-1)35-18-11-20-38(30-35)49-45-26-9-8-23-42(45)44-32-37(28-29-47(44)49)40-24-13-25-43-41-22-7-10-27-46(41)50(48(40)43)39-21-12-19-36(31-39)34-16-5-2-6-17-34/h1-9,11-26,28-32H,10,27H2. The molecule has 9 aromatic rings. The number of hydrogen-bond acceptors (Lipinski definition) is 0. The molecule has 2 aromatic heterocycles. The summed E-state index contributed by atoms with van der Waals surface area (Å²) in [5, 5.41) is 3.82. The van der Waals surface area contributed by atoms with Crippen LogP contribution in [0.1, 0.15) is 17.7 Å². The fourth-order valence-electron chi connectivity index (χ4n) is 8.11. The van der Waals surface area contributed by atoms with Crippen molar-refractivity contribution in [3.8, 4) is 44.8 Å². The highest BCUT2D eigenvalue weighted by Crippen LogP contribution is 2.42. The predicted molar refractivity (Wildman–Crippen MR) is 211 cm³/mol. The van der Waals surface area contributed by atoms with E-state index in [2.05, 4.69) is 191 Å². The minimum Gasteiger partial charge on any atom is -0.312 e. The quantitative estimate of drug-likeness (QED) is 0.178. The third-order valence-electron chi connectivity index (χ3n) is 10.4. The van der Waals surface area contributed by atoms with Crippen LogP contribution in [-0.2, 0) is 6.42 Å². The monoisotopic (exact) mass is 638 g/mol. The number of nitrogens with zero attached hydrogens (tertiary/aromatic N) is 2. The zero-order valence-corrected chi connectivity index (χ0v) is 27.6. The maximum Gasteiger partial charge on any atom is 0.0616 e. The van der Waals surface area contributed by atoms with Gasteiger partial charge in [-0.2, -0.15) is 0 Å². The Morgan fingerprint density at radius 2 is 1.00 bits per heavy atom. The van der Waals surface area contributed by atoms with Crippen molar-refractivity contribution in [3.05, 3.63) is 187 Å². The van der Waals surface area contributed by atoms with Gasteiger partial charge in [0.2, 0.25) is 0 Å². The van der Waals surface area contributed by atoms with Crippen LogP contribution in [0.2, 0.25) is 0 Å². The first-order valence-corrected chi connectivity index (χ1v) is 17.5. The lowest BCUT2D eigenvalue weighted by Gasteiger charge is -2.16. The Hall–Kier alpha value is -6.38. The van der Waals surface area contributed by atoms with Gasteiger partial charge in [0.05, 0.1) is 16.6 Å². The molecule has 0 aliphatic heterocycles. The van der Waals surface area contributed by atoms with Crippen LogP contribution in [0.15, 0.2) is 176 Å². The molecule has 1 aliphatic carbocycles. The summed E-state index contributed by atoms with van der Waals surface area (Å²) in [5.41, 5.74) is 16.2. The third kappa shape index (κ3) is 4.57. The Labute approximate surface area is 291 Å². The Balaban J connectivity index is 1.19. The molecule has 0 amide bonds. The Kier molecular flexibility index (Phi) is 6.67. The molecule has 236 valence electrons. The summed E-state index contributed by atoms with van der Waals surface area (Å²) in [6.07, 6.45) is 6.73. The van der Waals surface area contributed by atoms with Gasteiger partial charge in [0.15, 0.2) is 0 Å². The maximum absolute atomic E-state index is 2.54. The second-order valence-corrected chi connectivity index (χ2v) is 13.3. The van der Waals surface area contributed by atoms with Crippen molar-refractivity contribution in [1.82, 2.24) is 9.13 Å². The second-order valence-electron chi connectivity index (χ2n) is 13.3. The summed E-state index contributed by atoms with van der Waals surface area (Å²) >= 11 is 0. The Bertz CT molecular complexity index is 2740. The zero-order valence-electron chi connectivity index (χ0n) is 27.6. The molecule has 2 nitrogen and oxygen atoms in total. The van der Waals surface area contributed by atoms with Crippen LogP contribution in [0.4, 0.5) is 0 Å².